The Kier molecular flexibility index (Phi) is 8.14. The summed E-state index contributed by atoms with van der Waals surface area (Å²) in [5.41, 5.74) is 2.67. The number of fused-ring (bicyclic) bond motifs is 3. The van der Waals surface area contributed by atoms with E-state index in [0.29, 0.717) is 12.5 Å². The second-order valence-electron chi connectivity index (χ2n) is 9.32. The molecule has 2 fully saturated rings. The first-order valence-corrected chi connectivity index (χ1v) is 12.6. The van der Waals surface area contributed by atoms with Crippen molar-refractivity contribution in [2.75, 3.05) is 59.9 Å². The van der Waals surface area contributed by atoms with Gasteiger partial charge in [-0.2, -0.15) is 0 Å². The monoisotopic (exact) mass is 474 g/mol. The fourth-order valence-electron chi connectivity index (χ4n) is 5.10. The van der Waals surface area contributed by atoms with Gasteiger partial charge in [-0.05, 0) is 38.2 Å². The van der Waals surface area contributed by atoms with Crippen LogP contribution in [0.5, 0.6) is 0 Å². The van der Waals surface area contributed by atoms with Crippen LogP contribution < -0.4 is 0 Å². The Morgan fingerprint density at radius 2 is 1.25 bits per heavy atom. The third-order valence-electron chi connectivity index (χ3n) is 7.18. The number of likely N-dealkylation sites (N-methyl/N-ethyl adjacent to an activating group) is 2. The van der Waals surface area contributed by atoms with Crippen LogP contribution in [-0.2, 0) is 0 Å². The van der Waals surface area contributed by atoms with Crippen molar-refractivity contribution in [3.05, 3.63) is 71.8 Å². The SMILES string of the molecule is CN1CCC(c2ccccc2)N2CCN(C)C(c3ccccc3)CC(Cl)(Cl)N(CC1)CC2. The van der Waals surface area contributed by atoms with E-state index in [1.54, 1.807) is 0 Å². The number of rotatable bonds is 2. The van der Waals surface area contributed by atoms with Gasteiger partial charge in [-0.25, -0.2) is 0 Å². The Balaban J connectivity index is 1.68. The van der Waals surface area contributed by atoms with Crippen LogP contribution in [0, 0.1) is 0 Å². The van der Waals surface area contributed by atoms with Gasteiger partial charge in [0.25, 0.3) is 0 Å². The zero-order valence-electron chi connectivity index (χ0n) is 19.3. The number of benzene rings is 2. The molecule has 0 N–H and O–H groups in total. The Bertz CT molecular complexity index is 832. The van der Waals surface area contributed by atoms with E-state index < -0.39 is 4.46 Å². The summed E-state index contributed by atoms with van der Waals surface area (Å²) in [5.74, 6) is 0. The fourth-order valence-corrected chi connectivity index (χ4v) is 5.73. The number of hydrogen-bond donors (Lipinski definition) is 0. The molecule has 2 heterocycles. The Morgan fingerprint density at radius 3 is 1.91 bits per heavy atom. The van der Waals surface area contributed by atoms with Crippen LogP contribution in [-0.4, -0.2) is 84.0 Å². The quantitative estimate of drug-likeness (QED) is 0.454. The summed E-state index contributed by atoms with van der Waals surface area (Å²) >= 11 is 14.2. The highest BCUT2D eigenvalue weighted by Gasteiger charge is 2.38. The Morgan fingerprint density at radius 1 is 0.688 bits per heavy atom. The third-order valence-corrected chi connectivity index (χ3v) is 7.96. The van der Waals surface area contributed by atoms with Gasteiger partial charge in [0.05, 0.1) is 0 Å². The maximum atomic E-state index is 7.12. The summed E-state index contributed by atoms with van der Waals surface area (Å²) in [4.78, 5) is 9.80. The van der Waals surface area contributed by atoms with Gasteiger partial charge in [0.1, 0.15) is 0 Å². The molecule has 2 aromatic rings. The molecule has 2 bridgehead atoms. The van der Waals surface area contributed by atoms with Crippen molar-refractivity contribution < 1.29 is 0 Å². The van der Waals surface area contributed by atoms with Crippen LogP contribution in [0.4, 0.5) is 0 Å². The lowest BCUT2D eigenvalue weighted by Crippen LogP contribution is -2.52. The molecule has 6 heteroatoms. The molecule has 0 amide bonds. The van der Waals surface area contributed by atoms with E-state index in [4.69, 9.17) is 23.2 Å². The van der Waals surface area contributed by atoms with E-state index in [1.807, 2.05) is 0 Å². The molecule has 4 rings (SSSR count). The van der Waals surface area contributed by atoms with Crippen molar-refractivity contribution in [3.63, 3.8) is 0 Å². The predicted molar refractivity (Wildman–Crippen MR) is 135 cm³/mol. The molecule has 32 heavy (non-hydrogen) atoms. The van der Waals surface area contributed by atoms with Gasteiger partial charge in [-0.1, -0.05) is 83.9 Å². The summed E-state index contributed by atoms with van der Waals surface area (Å²) in [6.07, 6.45) is 1.81. The zero-order valence-corrected chi connectivity index (χ0v) is 20.8. The van der Waals surface area contributed by atoms with Crippen LogP contribution in [0.2, 0.25) is 0 Å². The molecular formula is C26H36Cl2N4. The van der Waals surface area contributed by atoms with E-state index in [-0.39, 0.29) is 6.04 Å². The van der Waals surface area contributed by atoms with Gasteiger partial charge in [0.15, 0.2) is 4.46 Å². The van der Waals surface area contributed by atoms with Crippen molar-refractivity contribution in [1.29, 1.82) is 0 Å². The summed E-state index contributed by atoms with van der Waals surface area (Å²) < 4.78 is -0.917. The minimum absolute atomic E-state index is 0.171. The topological polar surface area (TPSA) is 13.0 Å². The Labute approximate surface area is 203 Å². The maximum Gasteiger partial charge on any atom is 0.173 e. The molecule has 0 radical (unpaired) electrons. The first kappa shape index (κ1) is 24.0. The minimum atomic E-state index is -0.917. The molecule has 2 aliphatic rings. The molecule has 4 atom stereocenters. The van der Waals surface area contributed by atoms with Crippen LogP contribution >= 0.6 is 23.2 Å². The maximum absolute atomic E-state index is 7.12. The molecule has 4 unspecified atom stereocenters. The van der Waals surface area contributed by atoms with Gasteiger partial charge < -0.3 is 4.90 Å². The molecule has 2 saturated heterocycles. The predicted octanol–water partition coefficient (Wildman–Crippen LogP) is 4.88. The lowest BCUT2D eigenvalue weighted by Gasteiger charge is -2.45. The van der Waals surface area contributed by atoms with Crippen molar-refractivity contribution in [1.82, 2.24) is 19.6 Å². The van der Waals surface area contributed by atoms with Crippen molar-refractivity contribution in [2.24, 2.45) is 0 Å². The summed E-state index contributed by atoms with van der Waals surface area (Å²) in [5, 5.41) is 0. The average Bonchev–Trinajstić information content (AvgIpc) is 2.80. The van der Waals surface area contributed by atoms with Gasteiger partial charge in [-0.3, -0.25) is 14.7 Å². The second-order valence-corrected chi connectivity index (χ2v) is 10.8. The number of hydrogen-bond acceptors (Lipinski definition) is 4. The highest BCUT2D eigenvalue weighted by molar-refractivity contribution is 6.48. The van der Waals surface area contributed by atoms with Crippen molar-refractivity contribution in [2.45, 2.75) is 29.4 Å². The van der Waals surface area contributed by atoms with Gasteiger partial charge in [-0.15, -0.1) is 0 Å². The van der Waals surface area contributed by atoms with E-state index in [2.05, 4.69) is 94.4 Å². The standard InChI is InChI=1S/C26H36Cl2N4/c1-29-14-13-24(22-9-5-3-6-10-22)31-17-16-30(2)25(23-11-7-4-8-12-23)21-26(27,28)32(19-15-29)20-18-31/h3-12,24-25H,13-21H2,1-2H3. The second kappa shape index (κ2) is 10.9. The molecule has 2 aromatic carbocycles. The number of alkyl halides is 2. The molecular weight excluding hydrogens is 439 g/mol. The number of nitrogens with zero attached hydrogens (tertiary/aromatic N) is 4. The van der Waals surface area contributed by atoms with E-state index >= 15 is 0 Å². The molecule has 0 saturated carbocycles. The van der Waals surface area contributed by atoms with Crippen LogP contribution in [0.15, 0.2) is 60.7 Å². The van der Waals surface area contributed by atoms with E-state index in [9.17, 15) is 0 Å². The largest absolute Gasteiger partial charge is 0.305 e. The van der Waals surface area contributed by atoms with Crippen molar-refractivity contribution >= 4 is 23.2 Å². The zero-order chi connectivity index (χ0) is 22.6. The first-order chi connectivity index (χ1) is 15.4. The first-order valence-electron chi connectivity index (χ1n) is 11.8. The van der Waals surface area contributed by atoms with Gasteiger partial charge in [0, 0.05) is 57.8 Å². The molecule has 2 aliphatic heterocycles. The summed E-state index contributed by atoms with van der Waals surface area (Å²) in [6.45, 7) is 6.73. The van der Waals surface area contributed by atoms with Crippen LogP contribution in [0.1, 0.15) is 36.1 Å². The lowest BCUT2D eigenvalue weighted by molar-refractivity contribution is 0.0664. The van der Waals surface area contributed by atoms with Crippen molar-refractivity contribution in [3.8, 4) is 0 Å². The van der Waals surface area contributed by atoms with Crippen LogP contribution in [0.3, 0.4) is 0 Å². The smallest absolute Gasteiger partial charge is 0.173 e. The highest BCUT2D eigenvalue weighted by Crippen LogP contribution is 2.39. The van der Waals surface area contributed by atoms with E-state index in [1.165, 1.54) is 11.1 Å². The Hall–Kier alpha value is -1.14. The average molecular weight is 476 g/mol. The van der Waals surface area contributed by atoms with Crippen LogP contribution in [0.25, 0.3) is 0 Å². The molecule has 0 aliphatic carbocycles. The van der Waals surface area contributed by atoms with Gasteiger partial charge >= 0.3 is 0 Å². The normalized spacial score (nSPS) is 30.6. The third kappa shape index (κ3) is 5.85. The molecule has 174 valence electrons. The summed E-state index contributed by atoms with van der Waals surface area (Å²) in [6, 6.07) is 22.2. The fraction of sp³-hybridized carbons (Fsp3) is 0.538. The highest BCUT2D eigenvalue weighted by atomic mass is 35.5. The van der Waals surface area contributed by atoms with Gasteiger partial charge in [0.2, 0.25) is 0 Å². The minimum Gasteiger partial charge on any atom is -0.305 e. The molecule has 0 aromatic heterocycles. The number of halogens is 2. The summed E-state index contributed by atoms with van der Waals surface area (Å²) in [7, 11) is 4.42. The lowest BCUT2D eigenvalue weighted by atomic mass is 9.99. The molecule has 0 spiro atoms. The van der Waals surface area contributed by atoms with E-state index in [0.717, 1.165) is 52.2 Å². The molecule has 4 nitrogen and oxygen atoms in total.